The van der Waals surface area contributed by atoms with E-state index in [4.69, 9.17) is 4.74 Å². The molecule has 0 unspecified atom stereocenters. The Morgan fingerprint density at radius 3 is 2.52 bits per heavy atom. The first-order valence-electron chi connectivity index (χ1n) is 9.70. The van der Waals surface area contributed by atoms with Crippen LogP contribution < -0.4 is 15.4 Å². The van der Waals surface area contributed by atoms with Gasteiger partial charge in [0.1, 0.15) is 5.56 Å². The van der Waals surface area contributed by atoms with E-state index in [1.165, 1.54) is 38.3 Å². The summed E-state index contributed by atoms with van der Waals surface area (Å²) in [5.74, 6) is -0.736. The second-order valence-electron chi connectivity index (χ2n) is 6.56. The minimum atomic E-state index is -4.84. The van der Waals surface area contributed by atoms with E-state index in [-0.39, 0.29) is 18.8 Å². The molecule has 2 aromatic heterocycles. The lowest BCUT2D eigenvalue weighted by Gasteiger charge is -2.13. The molecule has 9 nitrogen and oxygen atoms in total. The molecule has 1 aromatic carbocycles. The standard InChI is InChI=1S/C21H20F3N5O4/c1-3-33-19(30)16-12-27-29(17(16)21(22,23)24)15-8-6-14(7-9-15)28-20(31)26-11-13-5-4-10-25-18(13)32-2/h4-10,12H,3,11H2,1-2H3,(H2,26,28,31). The van der Waals surface area contributed by atoms with E-state index >= 15 is 0 Å². The number of hydrogen-bond acceptors (Lipinski definition) is 6. The lowest BCUT2D eigenvalue weighted by Crippen LogP contribution is -2.28. The quantitative estimate of drug-likeness (QED) is 0.517. The van der Waals surface area contributed by atoms with Crippen molar-refractivity contribution in [3.63, 3.8) is 0 Å². The van der Waals surface area contributed by atoms with Crippen molar-refractivity contribution in [2.45, 2.75) is 19.6 Å². The Balaban J connectivity index is 1.73. The molecule has 2 amide bonds. The highest BCUT2D eigenvalue weighted by Crippen LogP contribution is 2.34. The molecule has 33 heavy (non-hydrogen) atoms. The van der Waals surface area contributed by atoms with Crippen molar-refractivity contribution in [2.75, 3.05) is 19.0 Å². The summed E-state index contributed by atoms with van der Waals surface area (Å²) in [5.41, 5.74) is -0.882. The van der Waals surface area contributed by atoms with Crippen LogP contribution in [0.1, 0.15) is 28.5 Å². The zero-order chi connectivity index (χ0) is 24.0. The molecule has 2 N–H and O–H groups in total. The van der Waals surface area contributed by atoms with Gasteiger partial charge in [0.05, 0.1) is 25.6 Å². The summed E-state index contributed by atoms with van der Waals surface area (Å²) < 4.78 is 51.2. The highest BCUT2D eigenvalue weighted by Gasteiger charge is 2.41. The number of alkyl halides is 3. The first-order chi connectivity index (χ1) is 15.7. The number of nitrogens with zero attached hydrogens (tertiary/aromatic N) is 3. The van der Waals surface area contributed by atoms with Crippen LogP contribution in [-0.4, -0.2) is 40.5 Å². The predicted molar refractivity (Wildman–Crippen MR) is 111 cm³/mol. The number of halogens is 3. The zero-order valence-corrected chi connectivity index (χ0v) is 17.6. The third kappa shape index (κ3) is 5.59. The molecule has 174 valence electrons. The predicted octanol–water partition coefficient (Wildman–Crippen LogP) is 3.79. The summed E-state index contributed by atoms with van der Waals surface area (Å²) in [6.07, 6.45) is -2.47. The van der Waals surface area contributed by atoms with Gasteiger partial charge in [0.25, 0.3) is 0 Å². The monoisotopic (exact) mass is 463 g/mol. The Morgan fingerprint density at radius 2 is 1.88 bits per heavy atom. The van der Waals surface area contributed by atoms with Crippen molar-refractivity contribution >= 4 is 17.7 Å². The van der Waals surface area contributed by atoms with Gasteiger partial charge in [-0.15, -0.1) is 0 Å². The molecule has 12 heteroatoms. The number of urea groups is 1. The van der Waals surface area contributed by atoms with Gasteiger partial charge in [-0.1, -0.05) is 6.07 Å². The van der Waals surface area contributed by atoms with Gasteiger partial charge >= 0.3 is 18.2 Å². The number of carbonyl (C=O) groups is 2. The van der Waals surface area contributed by atoms with E-state index in [1.807, 2.05) is 0 Å². The SMILES string of the molecule is CCOC(=O)c1cnn(-c2ccc(NC(=O)NCc3cccnc3OC)cc2)c1C(F)(F)F. The smallest absolute Gasteiger partial charge is 0.434 e. The van der Waals surface area contributed by atoms with Gasteiger partial charge in [-0.2, -0.15) is 18.3 Å². The maximum atomic E-state index is 13.6. The molecule has 0 aliphatic carbocycles. The van der Waals surface area contributed by atoms with Crippen LogP contribution >= 0.6 is 0 Å². The zero-order valence-electron chi connectivity index (χ0n) is 17.6. The van der Waals surface area contributed by atoms with Gasteiger partial charge in [-0.05, 0) is 37.3 Å². The summed E-state index contributed by atoms with van der Waals surface area (Å²) in [4.78, 5) is 28.1. The van der Waals surface area contributed by atoms with E-state index in [2.05, 4.69) is 25.5 Å². The highest BCUT2D eigenvalue weighted by atomic mass is 19.4. The van der Waals surface area contributed by atoms with Crippen molar-refractivity contribution in [2.24, 2.45) is 0 Å². The second kappa shape index (κ2) is 10.0. The van der Waals surface area contributed by atoms with Gasteiger partial charge in [-0.3, -0.25) is 0 Å². The van der Waals surface area contributed by atoms with Crippen molar-refractivity contribution in [3.05, 3.63) is 65.6 Å². The number of aromatic nitrogens is 3. The molecule has 3 rings (SSSR count). The van der Waals surface area contributed by atoms with Crippen molar-refractivity contribution < 1.29 is 32.2 Å². The number of rotatable bonds is 7. The summed E-state index contributed by atoms with van der Waals surface area (Å²) in [6, 6.07) is 8.39. The molecule has 0 aliphatic heterocycles. The maximum absolute atomic E-state index is 13.6. The van der Waals surface area contributed by atoms with E-state index in [1.54, 1.807) is 18.3 Å². The topological polar surface area (TPSA) is 107 Å². The van der Waals surface area contributed by atoms with E-state index in [9.17, 15) is 22.8 Å². The van der Waals surface area contributed by atoms with Crippen LogP contribution in [0.5, 0.6) is 5.88 Å². The molecule has 0 bridgehead atoms. The maximum Gasteiger partial charge on any atom is 0.434 e. The van der Waals surface area contributed by atoms with Crippen molar-refractivity contribution in [1.29, 1.82) is 0 Å². The Kier molecular flexibility index (Phi) is 7.16. The highest BCUT2D eigenvalue weighted by molar-refractivity contribution is 5.91. The lowest BCUT2D eigenvalue weighted by atomic mass is 10.2. The average molecular weight is 463 g/mol. The van der Waals surface area contributed by atoms with Gasteiger partial charge in [0.15, 0.2) is 5.69 Å². The molecule has 3 aromatic rings. The Morgan fingerprint density at radius 1 is 1.15 bits per heavy atom. The third-order valence-corrected chi connectivity index (χ3v) is 4.39. The fraction of sp³-hybridized carbons (Fsp3) is 0.238. The van der Waals surface area contributed by atoms with Crippen molar-refractivity contribution in [3.8, 4) is 11.6 Å². The van der Waals surface area contributed by atoms with E-state index in [0.29, 0.717) is 21.8 Å². The normalized spacial score (nSPS) is 11.1. The number of amides is 2. The molecule has 2 heterocycles. The Hall–Kier alpha value is -4.09. The summed E-state index contributed by atoms with van der Waals surface area (Å²) in [6.45, 7) is 1.57. The third-order valence-electron chi connectivity index (χ3n) is 4.39. The number of pyridine rings is 1. The largest absolute Gasteiger partial charge is 0.481 e. The molecule has 0 radical (unpaired) electrons. The van der Waals surface area contributed by atoms with Crippen LogP contribution in [0.15, 0.2) is 48.8 Å². The summed E-state index contributed by atoms with van der Waals surface area (Å²) in [5, 5.41) is 8.92. The first-order valence-corrected chi connectivity index (χ1v) is 9.70. The van der Waals surface area contributed by atoms with Crippen molar-refractivity contribution in [1.82, 2.24) is 20.1 Å². The fourth-order valence-corrected chi connectivity index (χ4v) is 2.95. The van der Waals surface area contributed by atoms with E-state index < -0.39 is 29.4 Å². The molecule has 0 spiro atoms. The van der Waals surface area contributed by atoms with Gasteiger partial charge in [0.2, 0.25) is 5.88 Å². The Bertz CT molecular complexity index is 1130. The first kappa shape index (κ1) is 23.6. The molecular weight excluding hydrogens is 443 g/mol. The minimum Gasteiger partial charge on any atom is -0.481 e. The molecule has 0 saturated heterocycles. The van der Waals surface area contributed by atoms with Crippen LogP contribution in [0.2, 0.25) is 0 Å². The number of methoxy groups -OCH3 is 1. The fourth-order valence-electron chi connectivity index (χ4n) is 2.95. The molecule has 0 aliphatic rings. The number of nitrogens with one attached hydrogen (secondary N) is 2. The van der Waals surface area contributed by atoms with Crippen LogP contribution in [0.4, 0.5) is 23.7 Å². The number of ether oxygens (including phenoxy) is 2. The molecule has 0 saturated carbocycles. The summed E-state index contributed by atoms with van der Waals surface area (Å²) in [7, 11) is 1.47. The minimum absolute atomic E-state index is 0.0453. The van der Waals surface area contributed by atoms with Crippen LogP contribution in [0.25, 0.3) is 5.69 Å². The number of anilines is 1. The Labute approximate surface area is 186 Å². The van der Waals surface area contributed by atoms with Gasteiger partial charge in [0, 0.05) is 24.0 Å². The molecule has 0 atom stereocenters. The number of hydrogen-bond donors (Lipinski definition) is 2. The second-order valence-corrected chi connectivity index (χ2v) is 6.56. The summed E-state index contributed by atoms with van der Waals surface area (Å²) >= 11 is 0. The average Bonchev–Trinajstić information content (AvgIpc) is 3.25. The van der Waals surface area contributed by atoms with Crippen LogP contribution in [0, 0.1) is 0 Å². The lowest BCUT2D eigenvalue weighted by molar-refractivity contribution is -0.143. The number of esters is 1. The van der Waals surface area contributed by atoms with Crippen LogP contribution in [-0.2, 0) is 17.5 Å². The number of benzene rings is 1. The van der Waals surface area contributed by atoms with E-state index in [0.717, 1.165) is 6.20 Å². The number of carbonyl (C=O) groups excluding carboxylic acids is 2. The van der Waals surface area contributed by atoms with Gasteiger partial charge in [-0.25, -0.2) is 19.3 Å². The van der Waals surface area contributed by atoms with Crippen LogP contribution in [0.3, 0.4) is 0 Å². The van der Waals surface area contributed by atoms with Gasteiger partial charge < -0.3 is 20.1 Å². The molecule has 0 fully saturated rings. The molecular formula is C21H20F3N5O4.